The van der Waals surface area contributed by atoms with Gasteiger partial charge >= 0.3 is 0 Å². The van der Waals surface area contributed by atoms with Crippen molar-refractivity contribution in [2.24, 2.45) is 0 Å². The summed E-state index contributed by atoms with van der Waals surface area (Å²) in [7, 11) is 0. The highest BCUT2D eigenvalue weighted by atomic mass is 15.0. The minimum absolute atomic E-state index is 0.0333. The van der Waals surface area contributed by atoms with Crippen molar-refractivity contribution < 1.29 is 0 Å². The largest absolute Gasteiger partial charge is 0.309 e. The molecule has 2 aliphatic rings. The van der Waals surface area contributed by atoms with Crippen LogP contribution in [0.2, 0.25) is 0 Å². The lowest BCUT2D eigenvalue weighted by Gasteiger charge is -2.28. The third-order valence-corrected chi connectivity index (χ3v) is 17.2. The number of unbranched alkanes of at least 4 members (excludes halogenated alkanes) is 5. The maximum Gasteiger partial charge on any atom is 0.0547 e. The van der Waals surface area contributed by atoms with E-state index in [-0.39, 0.29) is 11.3 Å². The predicted molar refractivity (Wildman–Crippen MR) is 319 cm³/mol. The Kier molecular flexibility index (Phi) is 11.0. The third-order valence-electron chi connectivity index (χ3n) is 17.2. The smallest absolute Gasteiger partial charge is 0.0547 e. The fourth-order valence-corrected chi connectivity index (χ4v) is 13.4. The normalized spacial score (nSPS) is 15.4. The lowest BCUT2D eigenvalue weighted by atomic mass is 9.75. The van der Waals surface area contributed by atoms with Gasteiger partial charge in [-0.1, -0.05) is 216 Å². The second-order valence-corrected chi connectivity index (χ2v) is 21.5. The molecule has 14 rings (SSSR count). The first-order valence-corrected chi connectivity index (χ1v) is 27.4. The van der Waals surface area contributed by atoms with Gasteiger partial charge in [-0.25, -0.2) is 0 Å². The molecule has 2 aromatic heterocycles. The molecule has 0 bridgehead atoms. The maximum absolute atomic E-state index is 4.30. The van der Waals surface area contributed by atoms with E-state index in [1.165, 1.54) is 160 Å². The predicted octanol–water partition coefficient (Wildman–Crippen LogP) is 20.2. The van der Waals surface area contributed by atoms with Crippen LogP contribution in [-0.4, -0.2) is 9.13 Å². The molecule has 2 heteroatoms. The number of fused-ring (bicyclic) bond motifs is 12. The van der Waals surface area contributed by atoms with Crippen LogP contribution in [0, 0.1) is 0 Å². The number of allylic oxidation sites excluding steroid dienone is 1. The van der Waals surface area contributed by atoms with Gasteiger partial charge < -0.3 is 9.13 Å². The zero-order valence-electron chi connectivity index (χ0n) is 43.0. The van der Waals surface area contributed by atoms with Gasteiger partial charge in [0, 0.05) is 44.3 Å². The highest BCUT2D eigenvalue weighted by Gasteiger charge is 2.39. The highest BCUT2D eigenvalue weighted by Crippen LogP contribution is 2.54. The second-order valence-electron chi connectivity index (χ2n) is 21.5. The zero-order valence-corrected chi connectivity index (χ0v) is 43.0. The molecule has 0 amide bonds. The summed E-state index contributed by atoms with van der Waals surface area (Å²) < 4.78 is 5.00. The van der Waals surface area contributed by atoms with Crippen LogP contribution in [-0.2, 0) is 5.41 Å². The molecular weight excluding hydrogens is 905 g/mol. The number of aromatic nitrogens is 2. The number of nitrogens with zero attached hydrogens (tertiary/aromatic N) is 2. The van der Waals surface area contributed by atoms with E-state index >= 15 is 0 Å². The molecule has 2 aliphatic carbocycles. The van der Waals surface area contributed by atoms with Gasteiger partial charge in [0.1, 0.15) is 0 Å². The van der Waals surface area contributed by atoms with E-state index in [0.717, 1.165) is 17.8 Å². The number of hydrogen-bond donors (Lipinski definition) is 0. The van der Waals surface area contributed by atoms with Gasteiger partial charge in [0.25, 0.3) is 0 Å². The van der Waals surface area contributed by atoms with Crippen LogP contribution in [0.4, 0.5) is 0 Å². The van der Waals surface area contributed by atoms with E-state index < -0.39 is 0 Å². The molecule has 2 unspecified atom stereocenters. The Labute approximate surface area is 440 Å². The minimum Gasteiger partial charge on any atom is -0.309 e. The van der Waals surface area contributed by atoms with Crippen molar-refractivity contribution in [3.63, 3.8) is 0 Å². The van der Waals surface area contributed by atoms with Crippen LogP contribution in [0.1, 0.15) is 87.0 Å². The summed E-state index contributed by atoms with van der Waals surface area (Å²) in [6.45, 7) is 9.12. The molecule has 0 N–H and O–H groups in total. The monoisotopic (exact) mass is 964 g/mol. The van der Waals surface area contributed by atoms with Gasteiger partial charge in [0.05, 0.1) is 22.1 Å². The Bertz CT molecular complexity index is 4170. The molecule has 0 saturated carbocycles. The standard InChI is InChI=1S/C73H60N2/c1-4-6-7-8-9-20-41-73(3)67-28-19-18-27-59(67)64-47-72-66(45-68(64)73)61-40-34-53(49-23-14-11-15-24-49)43-70(61)75(72)55-37-31-51(32-38-55)50-29-35-54(36-30-50)74-69-42-52(48-21-12-10-13-22-48)33-39-60(69)65-44-62-56(5-2)57-25-16-17-26-58(57)63(62)46-71(65)74/h5,10-19,21-40,42-47,56H,2,4,6-9,20,41H2,1,3H3. The average molecular weight is 965 g/mol. The van der Waals surface area contributed by atoms with Gasteiger partial charge in [-0.05, 0) is 145 Å². The van der Waals surface area contributed by atoms with Gasteiger partial charge in [-0.2, -0.15) is 0 Å². The molecule has 0 spiro atoms. The van der Waals surface area contributed by atoms with Gasteiger partial charge in [0.2, 0.25) is 0 Å². The number of rotatable bonds is 13. The van der Waals surface area contributed by atoms with E-state index in [4.69, 9.17) is 0 Å². The highest BCUT2D eigenvalue weighted by molar-refractivity contribution is 6.14. The maximum atomic E-state index is 4.30. The van der Waals surface area contributed by atoms with E-state index in [1.54, 1.807) is 0 Å². The number of benzene rings is 10. The zero-order chi connectivity index (χ0) is 50.2. The molecule has 0 aliphatic heterocycles. The van der Waals surface area contributed by atoms with Crippen LogP contribution in [0.3, 0.4) is 0 Å². The molecule has 12 aromatic rings. The summed E-state index contributed by atoms with van der Waals surface area (Å²) in [4.78, 5) is 0. The van der Waals surface area contributed by atoms with E-state index in [1.807, 2.05) is 0 Å². The first-order valence-electron chi connectivity index (χ1n) is 27.4. The van der Waals surface area contributed by atoms with Crippen molar-refractivity contribution in [3.05, 3.63) is 253 Å². The first-order chi connectivity index (χ1) is 37.0. The van der Waals surface area contributed by atoms with Crippen LogP contribution in [0.5, 0.6) is 0 Å². The fourth-order valence-electron chi connectivity index (χ4n) is 13.4. The van der Waals surface area contributed by atoms with Crippen molar-refractivity contribution in [3.8, 4) is 67.0 Å². The van der Waals surface area contributed by atoms with Crippen molar-refractivity contribution >= 4 is 43.6 Å². The molecule has 0 fully saturated rings. The first kappa shape index (κ1) is 45.2. The summed E-state index contributed by atoms with van der Waals surface area (Å²) in [5.74, 6) is 0.170. The topological polar surface area (TPSA) is 9.86 Å². The van der Waals surface area contributed by atoms with Crippen LogP contribution < -0.4 is 0 Å². The Hall–Kier alpha value is -8.46. The summed E-state index contributed by atoms with van der Waals surface area (Å²) >= 11 is 0. The molecule has 0 saturated heterocycles. The van der Waals surface area contributed by atoms with Crippen molar-refractivity contribution in [1.82, 2.24) is 9.13 Å². The van der Waals surface area contributed by atoms with E-state index in [9.17, 15) is 0 Å². The Morgan fingerprint density at radius 3 is 1.47 bits per heavy atom. The van der Waals surface area contributed by atoms with Crippen molar-refractivity contribution in [2.45, 2.75) is 70.1 Å². The molecule has 0 radical (unpaired) electrons. The van der Waals surface area contributed by atoms with Gasteiger partial charge in [-0.15, -0.1) is 6.58 Å². The van der Waals surface area contributed by atoms with Gasteiger partial charge in [0.15, 0.2) is 0 Å². The second kappa shape index (κ2) is 18.2. The van der Waals surface area contributed by atoms with Crippen LogP contribution >= 0.6 is 0 Å². The van der Waals surface area contributed by atoms with Gasteiger partial charge in [-0.3, -0.25) is 0 Å². The third kappa shape index (κ3) is 7.29. The van der Waals surface area contributed by atoms with Crippen molar-refractivity contribution in [1.29, 1.82) is 0 Å². The summed E-state index contributed by atoms with van der Waals surface area (Å²) in [5, 5.41) is 5.13. The lowest BCUT2D eigenvalue weighted by molar-refractivity contribution is 0.481. The fraction of sp³-hybridized carbons (Fsp3) is 0.151. The number of hydrogen-bond acceptors (Lipinski definition) is 0. The quantitative estimate of drug-likeness (QED) is 0.0805. The molecule has 75 heavy (non-hydrogen) atoms. The lowest BCUT2D eigenvalue weighted by Crippen LogP contribution is -2.20. The summed E-state index contributed by atoms with van der Waals surface area (Å²) in [6, 6.07) is 82.2. The SMILES string of the molecule is C=CC1c2ccccc2-c2cc3c(cc21)c1ccc(-c2ccccc2)cc1n3-c1ccc(-c2ccc(-n3c4cc(-c5ccccc5)ccc4c4cc5c(cc43)-c3ccccc3C5(C)CCCCCCCC)cc2)cc1. The molecule has 2 nitrogen and oxygen atoms in total. The Morgan fingerprint density at radius 1 is 0.387 bits per heavy atom. The molecule has 10 aromatic carbocycles. The molecule has 2 heterocycles. The molecule has 2 atom stereocenters. The minimum atomic E-state index is -0.0333. The Morgan fingerprint density at radius 2 is 0.867 bits per heavy atom. The Balaban J connectivity index is 0.870. The average Bonchev–Trinajstić information content (AvgIpc) is 4.25. The molecule has 362 valence electrons. The van der Waals surface area contributed by atoms with E-state index in [2.05, 4.69) is 254 Å². The van der Waals surface area contributed by atoms with E-state index in [0.29, 0.717) is 0 Å². The van der Waals surface area contributed by atoms with Crippen LogP contribution in [0.25, 0.3) is 111 Å². The van der Waals surface area contributed by atoms with Crippen LogP contribution in [0.15, 0.2) is 231 Å². The molecular formula is C73H60N2. The summed E-state index contributed by atoms with van der Waals surface area (Å²) in [5.41, 5.74) is 25.4. The summed E-state index contributed by atoms with van der Waals surface area (Å²) in [6.07, 6.45) is 11.1. The van der Waals surface area contributed by atoms with Crippen molar-refractivity contribution in [2.75, 3.05) is 0 Å².